The van der Waals surface area contributed by atoms with E-state index in [4.69, 9.17) is 23.7 Å². The van der Waals surface area contributed by atoms with E-state index in [1.807, 2.05) is 54.5 Å². The average molecular weight is 955 g/mol. The third-order valence-corrected chi connectivity index (χ3v) is 18.1. The lowest BCUT2D eigenvalue weighted by molar-refractivity contribution is -0.319. The topological polar surface area (TPSA) is 219 Å². The molecule has 382 valence electrons. The van der Waals surface area contributed by atoms with Crippen LogP contribution in [0.3, 0.4) is 0 Å². The van der Waals surface area contributed by atoms with Crippen molar-refractivity contribution in [2.24, 2.45) is 58.2 Å². The Labute approximate surface area is 403 Å². The van der Waals surface area contributed by atoms with E-state index in [1.165, 1.54) is 0 Å². The molecule has 21 atom stereocenters. The van der Waals surface area contributed by atoms with Gasteiger partial charge in [-0.15, -0.1) is 0 Å². The molecule has 0 aromatic heterocycles. The predicted octanol–water partition coefficient (Wildman–Crippen LogP) is 6.74. The van der Waals surface area contributed by atoms with Crippen LogP contribution in [0, 0.1) is 58.2 Å². The maximum atomic E-state index is 15.6. The van der Waals surface area contributed by atoms with Gasteiger partial charge in [-0.1, -0.05) is 89.8 Å². The Balaban J connectivity index is 1.31. The maximum absolute atomic E-state index is 15.6. The molecule has 1 spiro atoms. The third kappa shape index (κ3) is 9.18. The molecule has 0 aromatic carbocycles. The number of esters is 1. The second-order valence-corrected chi connectivity index (χ2v) is 22.5. The van der Waals surface area contributed by atoms with E-state index in [0.29, 0.717) is 32.1 Å². The molecule has 3 saturated heterocycles. The fraction of sp³-hybridized carbons (Fsp3) is 0.796. The smallest absolute Gasteiger partial charge is 0.346 e. The third-order valence-electron chi connectivity index (χ3n) is 18.1. The molecule has 0 aromatic rings. The zero-order valence-corrected chi connectivity index (χ0v) is 42.4. The Morgan fingerprint density at radius 3 is 2.07 bits per heavy atom. The summed E-state index contributed by atoms with van der Waals surface area (Å²) >= 11 is 0. The summed E-state index contributed by atoms with van der Waals surface area (Å²) in [5.41, 5.74) is -1.48. The fourth-order valence-electron chi connectivity index (χ4n) is 14.3. The Hall–Kier alpha value is -2.79. The average Bonchev–Trinajstić information content (AvgIpc) is 3.53. The largest absolute Gasteiger partial charge is 0.511 e. The standard InChI is InChI=1S/C54H82O14/c1-12-35-19-34(25-55)17-28(5)47(66-42-22-40(59)48(33(10)65-42)67-41-21-39(58)46(60)32(9)64-41)26(3)15-14-16-52(11)23-29(6)30(7)24-54(52)50(62)43(51(63)68-54)49(61)53(13-2)44(35)27(4)18-36-38(57)20-37(56)31(8)45(36)53/h18-19,23,26,28,30-34,36,38-42,44-48,55,57-61H,12-17,20-22,24-25H2,1-11H3/b35-19+,49-43?/t26-,28-,30-,31+,32-,33-,34-,36-,38+,39+,40+,41+,42+,44+,45-,46-,47-,48-,52-,53-,54-/m1/s1. The number of allylic oxidation sites excluding steroid dienone is 4. The van der Waals surface area contributed by atoms with Crippen LogP contribution in [0.1, 0.15) is 140 Å². The highest BCUT2D eigenvalue weighted by molar-refractivity contribution is 6.26. The van der Waals surface area contributed by atoms with E-state index in [2.05, 4.69) is 26.0 Å². The number of ether oxygens (including phenoxy) is 5. The van der Waals surface area contributed by atoms with Crippen molar-refractivity contribution < 1.29 is 68.7 Å². The van der Waals surface area contributed by atoms with Crippen molar-refractivity contribution in [1.82, 2.24) is 0 Å². The van der Waals surface area contributed by atoms with Gasteiger partial charge in [-0.3, -0.25) is 9.59 Å². The number of fused-ring (bicyclic) bond motifs is 4. The number of Topliss-reactive ketones (excluding diaryl/α,β-unsaturated/α-hetero) is 2. The summed E-state index contributed by atoms with van der Waals surface area (Å²) in [6.07, 6.45) is 1.28. The molecule has 3 aliphatic heterocycles. The zero-order chi connectivity index (χ0) is 49.9. The molecule has 0 amide bonds. The van der Waals surface area contributed by atoms with Crippen LogP contribution in [0.5, 0.6) is 0 Å². The van der Waals surface area contributed by atoms with Crippen LogP contribution in [0.25, 0.3) is 0 Å². The Kier molecular flexibility index (Phi) is 15.9. The summed E-state index contributed by atoms with van der Waals surface area (Å²) in [4.78, 5) is 44.1. The van der Waals surface area contributed by atoms with E-state index in [1.54, 1.807) is 13.8 Å². The van der Waals surface area contributed by atoms with E-state index in [0.717, 1.165) is 16.7 Å². The van der Waals surface area contributed by atoms with Gasteiger partial charge in [0, 0.05) is 66.8 Å². The quantitative estimate of drug-likeness (QED) is 0.0885. The van der Waals surface area contributed by atoms with Gasteiger partial charge in [0.05, 0.1) is 36.6 Å². The second kappa shape index (κ2) is 20.4. The molecule has 4 aliphatic carbocycles. The van der Waals surface area contributed by atoms with Crippen molar-refractivity contribution in [1.29, 1.82) is 0 Å². The van der Waals surface area contributed by atoms with Crippen LogP contribution in [0.2, 0.25) is 0 Å². The van der Waals surface area contributed by atoms with Gasteiger partial charge >= 0.3 is 5.97 Å². The molecule has 68 heavy (non-hydrogen) atoms. The normalized spacial score (nSPS) is 48.2. The zero-order valence-electron chi connectivity index (χ0n) is 42.4. The lowest BCUT2D eigenvalue weighted by Gasteiger charge is -2.56. The van der Waals surface area contributed by atoms with Gasteiger partial charge in [0.2, 0.25) is 5.78 Å². The van der Waals surface area contributed by atoms with Crippen LogP contribution in [-0.4, -0.2) is 122 Å². The summed E-state index contributed by atoms with van der Waals surface area (Å²) in [6, 6.07) is 0. The molecule has 1 saturated carbocycles. The highest BCUT2D eigenvalue weighted by Crippen LogP contribution is 2.63. The number of aliphatic hydroxyl groups is 6. The van der Waals surface area contributed by atoms with E-state index < -0.39 is 113 Å². The lowest BCUT2D eigenvalue weighted by atomic mass is 9.47. The highest BCUT2D eigenvalue weighted by atomic mass is 16.7. The van der Waals surface area contributed by atoms with Gasteiger partial charge in [0.1, 0.15) is 29.3 Å². The lowest BCUT2D eigenvalue weighted by Crippen LogP contribution is -2.57. The molecule has 14 nitrogen and oxygen atoms in total. The number of carbonyl (C=O) groups is 3. The van der Waals surface area contributed by atoms with E-state index >= 15 is 4.79 Å². The van der Waals surface area contributed by atoms with E-state index in [-0.39, 0.29) is 79.5 Å². The molecule has 0 unspecified atom stereocenters. The number of aliphatic hydroxyl groups excluding tert-OH is 6. The number of hydrogen-bond donors (Lipinski definition) is 6. The van der Waals surface area contributed by atoms with Crippen molar-refractivity contribution in [3.63, 3.8) is 0 Å². The first-order chi connectivity index (χ1) is 32.0. The first-order valence-electron chi connectivity index (χ1n) is 25.8. The van der Waals surface area contributed by atoms with Crippen molar-refractivity contribution in [3.05, 3.63) is 46.3 Å². The van der Waals surface area contributed by atoms with Crippen LogP contribution in [0.4, 0.5) is 0 Å². The summed E-state index contributed by atoms with van der Waals surface area (Å²) in [5, 5.41) is 68.2. The molecule has 4 fully saturated rings. The van der Waals surface area contributed by atoms with Crippen LogP contribution >= 0.6 is 0 Å². The van der Waals surface area contributed by atoms with Gasteiger partial charge in [-0.25, -0.2) is 4.79 Å². The fourth-order valence-corrected chi connectivity index (χ4v) is 14.3. The first-order valence-corrected chi connectivity index (χ1v) is 25.8. The van der Waals surface area contributed by atoms with Crippen LogP contribution in [0.15, 0.2) is 46.3 Å². The van der Waals surface area contributed by atoms with Crippen molar-refractivity contribution in [2.75, 3.05) is 6.61 Å². The number of rotatable bonds is 7. The highest BCUT2D eigenvalue weighted by Gasteiger charge is 2.67. The Morgan fingerprint density at radius 2 is 1.46 bits per heavy atom. The summed E-state index contributed by atoms with van der Waals surface area (Å²) in [6.45, 7) is 21.2. The number of hydrogen-bond acceptors (Lipinski definition) is 14. The van der Waals surface area contributed by atoms with Gasteiger partial charge < -0.3 is 54.3 Å². The molecule has 3 heterocycles. The molecular weight excluding hydrogens is 873 g/mol. The summed E-state index contributed by atoms with van der Waals surface area (Å²) in [7, 11) is 0. The first kappa shape index (κ1) is 53.0. The maximum Gasteiger partial charge on any atom is 0.346 e. The molecular formula is C54H82O14. The SMILES string of the molecule is CC/C1=C\[C@H](CO)C[C@@H](C)[C@H](O[C@H]2C[C@H](O)[C@H](O[C@H]3C[C@H](O)[C@H](O)[C@@H](C)O3)[C@@H](C)O2)[C@H](C)CCC[C@]2(C)C=C(C)[C@H](C)C[C@]23OC(=O)C(=C(O)[C@@]2(CC)[C@H]4[C@H](C=C(C)[C@@H]12)[C@@H](O)CC(=O)[C@@H]4C)C3=O. The Bertz CT molecular complexity index is 2000. The van der Waals surface area contributed by atoms with Crippen molar-refractivity contribution in [3.8, 4) is 0 Å². The molecule has 7 aliphatic rings. The van der Waals surface area contributed by atoms with Crippen molar-refractivity contribution in [2.45, 2.75) is 207 Å². The van der Waals surface area contributed by atoms with Gasteiger partial charge in [0.25, 0.3) is 0 Å². The van der Waals surface area contributed by atoms with E-state index in [9.17, 15) is 40.2 Å². The monoisotopic (exact) mass is 955 g/mol. The van der Waals surface area contributed by atoms with Crippen molar-refractivity contribution >= 4 is 17.5 Å². The number of carbonyl (C=O) groups excluding carboxylic acids is 3. The minimum atomic E-state index is -1.60. The van der Waals surface area contributed by atoms with Crippen LogP contribution < -0.4 is 0 Å². The molecule has 14 heteroatoms. The minimum Gasteiger partial charge on any atom is -0.511 e. The molecule has 0 radical (unpaired) electrons. The minimum absolute atomic E-state index is 0.0355. The van der Waals surface area contributed by atoms with Gasteiger partial charge in [-0.2, -0.15) is 0 Å². The van der Waals surface area contributed by atoms with Gasteiger partial charge in [-0.05, 0) is 83.5 Å². The summed E-state index contributed by atoms with van der Waals surface area (Å²) in [5.74, 6) is -5.08. The molecule has 2 bridgehead atoms. The number of ketones is 2. The predicted molar refractivity (Wildman–Crippen MR) is 252 cm³/mol. The van der Waals surface area contributed by atoms with Gasteiger partial charge in [0.15, 0.2) is 18.2 Å². The summed E-state index contributed by atoms with van der Waals surface area (Å²) < 4.78 is 31.9. The second-order valence-electron chi connectivity index (χ2n) is 22.5. The van der Waals surface area contributed by atoms with Crippen LogP contribution in [-0.2, 0) is 38.1 Å². The molecule has 6 N–H and O–H groups in total. The Morgan fingerprint density at radius 1 is 0.809 bits per heavy atom. The molecule has 7 rings (SSSR count).